The summed E-state index contributed by atoms with van der Waals surface area (Å²) in [6.45, 7) is 8.14. The SMILES string of the molecule is CCCn1ccnc1CC(NCC)c1cnc(C)cn1. The Kier molecular flexibility index (Phi) is 5.24. The Hall–Kier alpha value is -1.75. The van der Waals surface area contributed by atoms with Gasteiger partial charge in [-0.15, -0.1) is 0 Å². The van der Waals surface area contributed by atoms with Crippen LogP contribution in [0.5, 0.6) is 0 Å². The van der Waals surface area contributed by atoms with E-state index in [4.69, 9.17) is 0 Å². The maximum Gasteiger partial charge on any atom is 0.110 e. The Morgan fingerprint density at radius 3 is 2.70 bits per heavy atom. The Morgan fingerprint density at radius 2 is 2.05 bits per heavy atom. The highest BCUT2D eigenvalue weighted by Crippen LogP contribution is 2.15. The minimum Gasteiger partial charge on any atom is -0.335 e. The average Bonchev–Trinajstić information content (AvgIpc) is 2.87. The largest absolute Gasteiger partial charge is 0.335 e. The molecule has 1 N–H and O–H groups in total. The van der Waals surface area contributed by atoms with E-state index in [-0.39, 0.29) is 6.04 Å². The molecule has 0 aliphatic heterocycles. The van der Waals surface area contributed by atoms with Crippen LogP contribution >= 0.6 is 0 Å². The lowest BCUT2D eigenvalue weighted by Gasteiger charge is -2.17. The van der Waals surface area contributed by atoms with Gasteiger partial charge in [0.05, 0.1) is 23.6 Å². The number of hydrogen-bond acceptors (Lipinski definition) is 4. The predicted octanol–water partition coefficient (Wildman–Crippen LogP) is 2.28. The van der Waals surface area contributed by atoms with Gasteiger partial charge in [-0.25, -0.2) is 4.98 Å². The second-order valence-corrected chi connectivity index (χ2v) is 4.93. The van der Waals surface area contributed by atoms with E-state index < -0.39 is 0 Å². The van der Waals surface area contributed by atoms with Gasteiger partial charge in [-0.3, -0.25) is 9.97 Å². The highest BCUT2D eigenvalue weighted by molar-refractivity contribution is 5.09. The zero-order chi connectivity index (χ0) is 14.4. The van der Waals surface area contributed by atoms with Gasteiger partial charge in [0.2, 0.25) is 0 Å². The molecule has 20 heavy (non-hydrogen) atoms. The smallest absolute Gasteiger partial charge is 0.110 e. The molecule has 1 unspecified atom stereocenters. The summed E-state index contributed by atoms with van der Waals surface area (Å²) in [4.78, 5) is 13.3. The lowest BCUT2D eigenvalue weighted by atomic mass is 10.1. The van der Waals surface area contributed by atoms with Crippen LogP contribution in [0.2, 0.25) is 0 Å². The third-order valence-corrected chi connectivity index (χ3v) is 3.26. The number of aryl methyl sites for hydroxylation is 2. The molecule has 0 aliphatic carbocycles. The topological polar surface area (TPSA) is 55.6 Å². The summed E-state index contributed by atoms with van der Waals surface area (Å²) < 4.78 is 2.21. The molecule has 0 saturated heterocycles. The van der Waals surface area contributed by atoms with Crippen LogP contribution in [-0.4, -0.2) is 26.1 Å². The van der Waals surface area contributed by atoms with Crippen molar-refractivity contribution in [3.8, 4) is 0 Å². The third kappa shape index (κ3) is 3.63. The number of nitrogens with one attached hydrogen (secondary N) is 1. The van der Waals surface area contributed by atoms with Crippen molar-refractivity contribution in [2.24, 2.45) is 0 Å². The molecule has 0 saturated carbocycles. The monoisotopic (exact) mass is 273 g/mol. The second-order valence-electron chi connectivity index (χ2n) is 4.93. The molecule has 2 aromatic heterocycles. The first-order valence-corrected chi connectivity index (χ1v) is 7.26. The highest BCUT2D eigenvalue weighted by Gasteiger charge is 2.15. The molecule has 2 aromatic rings. The maximum absolute atomic E-state index is 4.49. The number of aromatic nitrogens is 4. The summed E-state index contributed by atoms with van der Waals surface area (Å²) in [5.74, 6) is 1.10. The van der Waals surface area contributed by atoms with Crippen LogP contribution in [0.3, 0.4) is 0 Å². The first kappa shape index (κ1) is 14.7. The van der Waals surface area contributed by atoms with Crippen molar-refractivity contribution in [2.75, 3.05) is 6.54 Å². The van der Waals surface area contributed by atoms with Gasteiger partial charge in [-0.2, -0.15) is 0 Å². The van der Waals surface area contributed by atoms with Gasteiger partial charge in [-0.1, -0.05) is 13.8 Å². The second kappa shape index (κ2) is 7.14. The van der Waals surface area contributed by atoms with Gasteiger partial charge in [0.25, 0.3) is 0 Å². The van der Waals surface area contributed by atoms with E-state index in [1.165, 1.54) is 0 Å². The molecule has 0 amide bonds. The van der Waals surface area contributed by atoms with E-state index in [2.05, 4.69) is 38.7 Å². The number of rotatable bonds is 7. The van der Waals surface area contributed by atoms with E-state index in [0.29, 0.717) is 0 Å². The fourth-order valence-electron chi connectivity index (χ4n) is 2.27. The van der Waals surface area contributed by atoms with Gasteiger partial charge in [0.15, 0.2) is 0 Å². The molecule has 2 rings (SSSR count). The fourth-order valence-corrected chi connectivity index (χ4v) is 2.27. The summed E-state index contributed by atoms with van der Waals surface area (Å²) in [7, 11) is 0. The first-order chi connectivity index (χ1) is 9.74. The zero-order valence-electron chi connectivity index (χ0n) is 12.5. The Labute approximate surface area is 120 Å². The van der Waals surface area contributed by atoms with Gasteiger partial charge in [-0.05, 0) is 19.9 Å². The Bertz CT molecular complexity index is 517. The number of imidazole rings is 1. The predicted molar refractivity (Wildman–Crippen MR) is 79.4 cm³/mol. The first-order valence-electron chi connectivity index (χ1n) is 7.26. The van der Waals surface area contributed by atoms with Crippen molar-refractivity contribution < 1.29 is 0 Å². The summed E-state index contributed by atoms with van der Waals surface area (Å²) in [5.41, 5.74) is 1.92. The van der Waals surface area contributed by atoms with Crippen LogP contribution < -0.4 is 5.32 Å². The molecule has 0 fully saturated rings. The standard InChI is InChI=1S/C15H23N5/c1-4-7-20-8-6-17-15(20)9-13(16-5-2)14-11-18-12(3)10-19-14/h6,8,10-11,13,16H,4-5,7,9H2,1-3H3. The minimum atomic E-state index is 0.158. The molecule has 2 heterocycles. The fraction of sp³-hybridized carbons (Fsp3) is 0.533. The summed E-state index contributed by atoms with van der Waals surface area (Å²) in [6.07, 6.45) is 9.53. The van der Waals surface area contributed by atoms with E-state index in [1.54, 1.807) is 0 Å². The van der Waals surface area contributed by atoms with Crippen LogP contribution in [0, 0.1) is 6.92 Å². The van der Waals surface area contributed by atoms with Crippen molar-refractivity contribution in [3.05, 3.63) is 42.0 Å². The molecular formula is C15H23N5. The van der Waals surface area contributed by atoms with E-state index in [1.807, 2.05) is 31.7 Å². The number of nitrogens with zero attached hydrogens (tertiary/aromatic N) is 4. The molecule has 0 radical (unpaired) electrons. The molecule has 0 aromatic carbocycles. The molecule has 5 nitrogen and oxygen atoms in total. The number of likely N-dealkylation sites (N-methyl/N-ethyl adjacent to an activating group) is 1. The number of hydrogen-bond donors (Lipinski definition) is 1. The van der Waals surface area contributed by atoms with Gasteiger partial charge < -0.3 is 9.88 Å². The van der Waals surface area contributed by atoms with E-state index in [9.17, 15) is 0 Å². The van der Waals surface area contributed by atoms with Crippen LogP contribution in [0.4, 0.5) is 0 Å². The molecule has 108 valence electrons. The molecule has 1 atom stereocenters. The van der Waals surface area contributed by atoms with Crippen LogP contribution in [0.1, 0.15) is 43.5 Å². The van der Waals surface area contributed by atoms with E-state index in [0.717, 1.165) is 43.1 Å². The third-order valence-electron chi connectivity index (χ3n) is 3.26. The van der Waals surface area contributed by atoms with Gasteiger partial charge in [0.1, 0.15) is 5.82 Å². The minimum absolute atomic E-state index is 0.158. The summed E-state index contributed by atoms with van der Waals surface area (Å²) in [5, 5.41) is 3.47. The van der Waals surface area contributed by atoms with Crippen molar-refractivity contribution in [1.82, 2.24) is 24.8 Å². The highest BCUT2D eigenvalue weighted by atomic mass is 15.1. The van der Waals surface area contributed by atoms with Crippen LogP contribution in [-0.2, 0) is 13.0 Å². The lowest BCUT2D eigenvalue weighted by Crippen LogP contribution is -2.25. The molecule has 5 heteroatoms. The summed E-state index contributed by atoms with van der Waals surface area (Å²) >= 11 is 0. The lowest BCUT2D eigenvalue weighted by molar-refractivity contribution is 0.504. The van der Waals surface area contributed by atoms with Crippen molar-refractivity contribution in [1.29, 1.82) is 0 Å². The molecule has 0 bridgehead atoms. The Balaban J connectivity index is 2.16. The van der Waals surface area contributed by atoms with Gasteiger partial charge >= 0.3 is 0 Å². The average molecular weight is 273 g/mol. The van der Waals surface area contributed by atoms with Crippen LogP contribution in [0.15, 0.2) is 24.8 Å². The molecule has 0 aliphatic rings. The van der Waals surface area contributed by atoms with Crippen molar-refractivity contribution in [2.45, 2.75) is 46.2 Å². The summed E-state index contributed by atoms with van der Waals surface area (Å²) in [6, 6.07) is 0.158. The van der Waals surface area contributed by atoms with E-state index >= 15 is 0 Å². The van der Waals surface area contributed by atoms with Crippen molar-refractivity contribution >= 4 is 0 Å². The van der Waals surface area contributed by atoms with Crippen molar-refractivity contribution in [3.63, 3.8) is 0 Å². The normalized spacial score (nSPS) is 12.6. The quantitative estimate of drug-likeness (QED) is 0.841. The van der Waals surface area contributed by atoms with Crippen LogP contribution in [0.25, 0.3) is 0 Å². The zero-order valence-corrected chi connectivity index (χ0v) is 12.5. The molecule has 0 spiro atoms. The molecular weight excluding hydrogens is 250 g/mol. The maximum atomic E-state index is 4.49. The van der Waals surface area contributed by atoms with Gasteiger partial charge in [0, 0.05) is 31.6 Å². The Morgan fingerprint density at radius 1 is 1.20 bits per heavy atom.